The zero-order chi connectivity index (χ0) is 6.62. The van der Waals surface area contributed by atoms with Crippen molar-refractivity contribution in [3.63, 3.8) is 0 Å². The van der Waals surface area contributed by atoms with E-state index in [-0.39, 0.29) is 0 Å². The van der Waals surface area contributed by atoms with Crippen LogP contribution in [-0.2, 0) is 7.67 Å². The van der Waals surface area contributed by atoms with Gasteiger partial charge in [-0.3, -0.25) is 0 Å². The topological polar surface area (TPSA) is 34.1 Å². The van der Waals surface area contributed by atoms with Crippen LogP contribution in [0.2, 0.25) is 11.1 Å². The summed E-state index contributed by atoms with van der Waals surface area (Å²) in [7, 11) is 0. The molecule has 0 saturated carbocycles. The monoisotopic (exact) mass is 184 g/mol. The van der Waals surface area contributed by atoms with E-state index < -0.39 is 12.7 Å². The first-order chi connectivity index (χ1) is 3.56. The summed E-state index contributed by atoms with van der Waals surface area (Å²) in [4.78, 5) is 0. The first-order valence-corrected chi connectivity index (χ1v) is 7.06. The Hall–Kier alpha value is 0.119. The summed E-state index contributed by atoms with van der Waals surface area (Å²) in [5, 5.41) is 0.410. The van der Waals surface area contributed by atoms with E-state index in [9.17, 15) is 7.67 Å². The minimum absolute atomic E-state index is 0.410. The van der Waals surface area contributed by atoms with E-state index in [1.165, 1.54) is 5.82 Å². The predicted octanol–water partition coefficient (Wildman–Crippen LogP) is 1.72. The van der Waals surface area contributed by atoms with Crippen LogP contribution >= 0.6 is 0 Å². The molecular weight excluding hydrogens is 171 g/mol. The molecule has 0 aromatic heterocycles. The summed E-state index contributed by atoms with van der Waals surface area (Å²) < 4.78 is 20.9. The van der Waals surface area contributed by atoms with E-state index in [2.05, 4.69) is 0 Å². The zero-order valence-electron chi connectivity index (χ0n) is 5.35. The third-order valence-electron chi connectivity index (χ3n) is 0.869. The van der Waals surface area contributed by atoms with Gasteiger partial charge >= 0.3 is 51.3 Å². The van der Waals surface area contributed by atoms with Crippen molar-refractivity contribution in [2.24, 2.45) is 0 Å². The third kappa shape index (κ3) is 6.12. The Bertz CT molecular complexity index is 135. The van der Waals surface area contributed by atoms with Crippen molar-refractivity contribution in [2.75, 3.05) is 0 Å². The molecule has 0 fully saturated rings. The van der Waals surface area contributed by atoms with Crippen molar-refractivity contribution in [1.82, 2.24) is 0 Å². The molecule has 0 atom stereocenters. The molecule has 0 aromatic carbocycles. The molecule has 0 saturated heterocycles. The van der Waals surface area contributed by atoms with Crippen LogP contribution in [0.4, 0.5) is 0 Å². The van der Waals surface area contributed by atoms with E-state index in [1.54, 1.807) is 0 Å². The summed E-state index contributed by atoms with van der Waals surface area (Å²) in [5.41, 5.74) is 0. The number of hydrogen-bond donors (Lipinski definition) is 0. The Kier molecular flexibility index (Phi) is 3.25. The second-order valence-electron chi connectivity index (χ2n) is 1.98. The van der Waals surface area contributed by atoms with Crippen molar-refractivity contribution in [2.45, 2.75) is 30.9 Å². The van der Waals surface area contributed by atoms with E-state index in [0.29, 0.717) is 5.32 Å². The molecule has 0 aliphatic rings. The summed E-state index contributed by atoms with van der Waals surface area (Å²) in [6.07, 6.45) is 1.79. The molecule has 0 N–H and O–H groups in total. The second-order valence-corrected chi connectivity index (χ2v) is 6.72. The molecule has 0 aromatic rings. The van der Waals surface area contributed by atoms with Gasteiger partial charge in [0.1, 0.15) is 0 Å². The van der Waals surface area contributed by atoms with E-state index >= 15 is 0 Å². The quantitative estimate of drug-likeness (QED) is 0.624. The van der Waals surface area contributed by atoms with Crippen LogP contribution in [0.25, 0.3) is 0 Å². The maximum atomic E-state index is 10.5. The van der Waals surface area contributed by atoms with Crippen molar-refractivity contribution in [3.05, 3.63) is 0 Å². The summed E-state index contributed by atoms with van der Waals surface area (Å²) in [6.45, 7) is 1.99. The van der Waals surface area contributed by atoms with Gasteiger partial charge in [-0.1, -0.05) is 0 Å². The number of rotatable bonds is 3. The molecule has 50 valence electrons. The van der Waals surface area contributed by atoms with Crippen LogP contribution in [-0.4, -0.2) is 12.7 Å². The van der Waals surface area contributed by atoms with Crippen LogP contribution in [0.3, 0.4) is 0 Å². The van der Waals surface area contributed by atoms with Gasteiger partial charge in [0.05, 0.1) is 0 Å². The van der Waals surface area contributed by atoms with Crippen LogP contribution in [0, 0.1) is 0 Å². The molecule has 0 unspecified atom stereocenters. The molecule has 0 aliphatic carbocycles. The molecule has 3 heteroatoms. The van der Waals surface area contributed by atoms with Crippen LogP contribution in [0.5, 0.6) is 0 Å². The van der Waals surface area contributed by atoms with Gasteiger partial charge in [-0.05, 0) is 0 Å². The van der Waals surface area contributed by atoms with Crippen LogP contribution < -0.4 is 0 Å². The first-order valence-electron chi connectivity index (χ1n) is 2.74. The van der Waals surface area contributed by atoms with Crippen molar-refractivity contribution < 1.29 is 7.67 Å². The van der Waals surface area contributed by atoms with Gasteiger partial charge in [-0.2, -0.15) is 0 Å². The fourth-order valence-electron chi connectivity index (χ4n) is 0.407. The Morgan fingerprint density at radius 2 is 1.88 bits per heavy atom. The second kappa shape index (κ2) is 3.21. The average Bonchev–Trinajstić information content (AvgIpc) is 1.59. The molecule has 0 amide bonds. The van der Waals surface area contributed by atoms with Gasteiger partial charge in [0, 0.05) is 0 Å². The molecule has 0 aliphatic heterocycles. The van der Waals surface area contributed by atoms with Gasteiger partial charge in [-0.15, -0.1) is 0 Å². The van der Waals surface area contributed by atoms with Gasteiger partial charge in [0.15, 0.2) is 0 Å². The molecule has 0 bridgehead atoms. The summed E-state index contributed by atoms with van der Waals surface area (Å²) in [6, 6.07) is 0. The third-order valence-corrected chi connectivity index (χ3v) is 3.03. The minimum atomic E-state index is -3.33. The van der Waals surface area contributed by atoms with Crippen LogP contribution in [0.1, 0.15) is 19.8 Å². The first kappa shape index (κ1) is 8.12. The van der Waals surface area contributed by atoms with E-state index in [4.69, 9.17) is 0 Å². The van der Waals surface area contributed by atoms with Crippen molar-refractivity contribution >= 4 is 12.7 Å². The molecule has 0 rings (SSSR count). The summed E-state index contributed by atoms with van der Waals surface area (Å²) in [5.74, 6) is 1.34. The normalized spacial score (nSPS) is 11.8. The SMILES string of the molecule is CCCC[Se](C)(=O)=O. The predicted molar refractivity (Wildman–Crippen MR) is 32.7 cm³/mol. The molecule has 0 radical (unpaired) electrons. The van der Waals surface area contributed by atoms with Gasteiger partial charge in [0.2, 0.25) is 0 Å². The molecule has 0 heterocycles. The van der Waals surface area contributed by atoms with Crippen molar-refractivity contribution in [3.8, 4) is 0 Å². The van der Waals surface area contributed by atoms with Crippen LogP contribution in [0.15, 0.2) is 0 Å². The average molecular weight is 183 g/mol. The van der Waals surface area contributed by atoms with E-state index in [0.717, 1.165) is 12.8 Å². The Morgan fingerprint density at radius 1 is 1.38 bits per heavy atom. The van der Waals surface area contributed by atoms with Crippen molar-refractivity contribution in [1.29, 1.82) is 0 Å². The van der Waals surface area contributed by atoms with Gasteiger partial charge < -0.3 is 0 Å². The zero-order valence-corrected chi connectivity index (χ0v) is 7.06. The molecule has 2 nitrogen and oxygen atoms in total. The number of unbranched alkanes of at least 4 members (excludes halogenated alkanes) is 1. The standard InChI is InChI=1S/C5H12O2Se/c1-3-4-5-8(2,6)7/h3-5H2,1-2H3. The molecule has 8 heavy (non-hydrogen) atoms. The Morgan fingerprint density at radius 3 is 2.00 bits per heavy atom. The number of hydrogen-bond acceptors (Lipinski definition) is 2. The van der Waals surface area contributed by atoms with Gasteiger partial charge in [0.25, 0.3) is 0 Å². The fraction of sp³-hybridized carbons (Fsp3) is 1.00. The summed E-state index contributed by atoms with van der Waals surface area (Å²) >= 11 is -3.33. The molecule has 0 spiro atoms. The fourth-order valence-corrected chi connectivity index (χ4v) is 2.11. The Labute approximate surface area is 51.9 Å². The van der Waals surface area contributed by atoms with E-state index in [1.807, 2.05) is 6.92 Å². The molecular formula is C5H12O2Se. The maximum absolute atomic E-state index is 10.5. The van der Waals surface area contributed by atoms with Gasteiger partial charge in [-0.25, -0.2) is 0 Å². The Balaban J connectivity index is 3.42.